The first-order chi connectivity index (χ1) is 6.90. The number of hydrogen-bond donors (Lipinski definition) is 0. The largest absolute Gasteiger partial charge is 0.472 e. The van der Waals surface area contributed by atoms with Gasteiger partial charge in [-0.15, -0.1) is 0 Å². The average molecular weight is 210 g/mol. The van der Waals surface area contributed by atoms with Crippen molar-refractivity contribution < 1.29 is 4.42 Å². The van der Waals surface area contributed by atoms with E-state index in [9.17, 15) is 0 Å². The predicted molar refractivity (Wildman–Crippen MR) is 61.8 cm³/mol. The van der Waals surface area contributed by atoms with Gasteiger partial charge >= 0.3 is 0 Å². The second kappa shape index (κ2) is 4.92. The van der Waals surface area contributed by atoms with Crippen LogP contribution in [0.1, 0.15) is 44.1 Å². The fourth-order valence-corrected chi connectivity index (χ4v) is 3.69. The van der Waals surface area contributed by atoms with Gasteiger partial charge in [-0.25, -0.2) is 0 Å². The first-order valence-electron chi connectivity index (χ1n) is 5.54. The molecule has 0 N–H and O–H groups in total. The molecule has 0 aliphatic carbocycles. The second-order valence-corrected chi connectivity index (χ2v) is 5.41. The van der Waals surface area contributed by atoms with E-state index in [2.05, 4.69) is 24.8 Å². The minimum absolute atomic E-state index is 0.742. The Morgan fingerprint density at radius 3 is 3.00 bits per heavy atom. The maximum atomic E-state index is 5.13. The normalized spacial score (nSPS) is 27.8. The molecule has 0 amide bonds. The Balaban J connectivity index is 1.84. The van der Waals surface area contributed by atoms with Crippen LogP contribution in [0, 0.1) is 0 Å². The van der Waals surface area contributed by atoms with Crippen LogP contribution in [0.15, 0.2) is 23.0 Å². The molecule has 1 aliphatic heterocycles. The molecule has 1 fully saturated rings. The molecule has 0 saturated carbocycles. The van der Waals surface area contributed by atoms with Gasteiger partial charge in [-0.1, -0.05) is 13.3 Å². The molecule has 0 aromatic carbocycles. The molecular weight excluding hydrogens is 192 g/mol. The van der Waals surface area contributed by atoms with Gasteiger partial charge in [0.1, 0.15) is 0 Å². The molecule has 0 spiro atoms. The van der Waals surface area contributed by atoms with Crippen molar-refractivity contribution in [2.24, 2.45) is 0 Å². The molecular formula is C12H18OS. The molecule has 1 saturated heterocycles. The highest BCUT2D eigenvalue weighted by Gasteiger charge is 2.22. The van der Waals surface area contributed by atoms with Crippen molar-refractivity contribution >= 4 is 11.8 Å². The number of thioether (sulfide) groups is 1. The van der Waals surface area contributed by atoms with Crippen molar-refractivity contribution in [1.82, 2.24) is 0 Å². The van der Waals surface area contributed by atoms with Crippen LogP contribution in [0.25, 0.3) is 0 Å². The Hall–Kier alpha value is -0.370. The van der Waals surface area contributed by atoms with Crippen LogP contribution in [0.2, 0.25) is 0 Å². The molecule has 0 radical (unpaired) electrons. The zero-order valence-electron chi connectivity index (χ0n) is 8.74. The third-order valence-corrected chi connectivity index (χ3v) is 4.53. The molecule has 2 rings (SSSR count). The summed E-state index contributed by atoms with van der Waals surface area (Å²) < 4.78 is 5.13. The molecule has 1 aliphatic rings. The van der Waals surface area contributed by atoms with Crippen molar-refractivity contribution in [2.45, 2.75) is 43.8 Å². The van der Waals surface area contributed by atoms with Crippen LogP contribution >= 0.6 is 11.8 Å². The van der Waals surface area contributed by atoms with Gasteiger partial charge < -0.3 is 4.42 Å². The van der Waals surface area contributed by atoms with Crippen molar-refractivity contribution in [2.75, 3.05) is 5.75 Å². The van der Waals surface area contributed by atoms with Crippen LogP contribution in [-0.2, 0) is 0 Å². The highest BCUT2D eigenvalue weighted by molar-refractivity contribution is 8.00. The van der Waals surface area contributed by atoms with Gasteiger partial charge in [0.05, 0.1) is 12.5 Å². The van der Waals surface area contributed by atoms with E-state index in [1.165, 1.54) is 37.0 Å². The number of furan rings is 1. The number of rotatable bonds is 3. The maximum absolute atomic E-state index is 5.13. The maximum Gasteiger partial charge on any atom is 0.0937 e. The minimum atomic E-state index is 0.742. The van der Waals surface area contributed by atoms with E-state index in [-0.39, 0.29) is 0 Å². The van der Waals surface area contributed by atoms with Gasteiger partial charge in [0, 0.05) is 11.0 Å². The van der Waals surface area contributed by atoms with E-state index in [1.54, 1.807) is 6.26 Å². The van der Waals surface area contributed by atoms with E-state index in [4.69, 9.17) is 4.42 Å². The van der Waals surface area contributed by atoms with E-state index in [1.807, 2.05) is 6.26 Å². The first-order valence-corrected chi connectivity index (χ1v) is 6.58. The predicted octanol–water partition coefficient (Wildman–Crippen LogP) is 4.06. The van der Waals surface area contributed by atoms with Crippen molar-refractivity contribution in [3.8, 4) is 0 Å². The van der Waals surface area contributed by atoms with Crippen LogP contribution < -0.4 is 0 Å². The highest BCUT2D eigenvalue weighted by Crippen LogP contribution is 2.37. The molecule has 1 aromatic rings. The van der Waals surface area contributed by atoms with Gasteiger partial charge in [0.2, 0.25) is 0 Å². The lowest BCUT2D eigenvalue weighted by Gasteiger charge is -2.27. The lowest BCUT2D eigenvalue weighted by Crippen LogP contribution is -2.15. The van der Waals surface area contributed by atoms with Crippen LogP contribution in [0.4, 0.5) is 0 Å². The zero-order chi connectivity index (χ0) is 9.80. The fourth-order valence-electron chi connectivity index (χ4n) is 2.13. The van der Waals surface area contributed by atoms with Gasteiger partial charge in [0.25, 0.3) is 0 Å². The van der Waals surface area contributed by atoms with E-state index < -0.39 is 0 Å². The van der Waals surface area contributed by atoms with E-state index >= 15 is 0 Å². The average Bonchev–Trinajstić information content (AvgIpc) is 2.72. The monoisotopic (exact) mass is 210 g/mol. The molecule has 2 heteroatoms. The van der Waals surface area contributed by atoms with Crippen LogP contribution in [0.3, 0.4) is 0 Å². The van der Waals surface area contributed by atoms with Crippen LogP contribution in [-0.4, -0.2) is 11.0 Å². The molecule has 14 heavy (non-hydrogen) atoms. The molecule has 1 aromatic heterocycles. The summed E-state index contributed by atoms with van der Waals surface area (Å²) in [4.78, 5) is 0. The summed E-state index contributed by atoms with van der Waals surface area (Å²) in [5.41, 5.74) is 1.40. The van der Waals surface area contributed by atoms with Gasteiger partial charge in [-0.3, -0.25) is 0 Å². The standard InChI is InChI=1S/C12H18OS/c1-2-3-12-5-4-11(9-14-12)10-6-7-13-8-10/h6-8,11-12H,2-5,9H2,1H3. The molecule has 2 atom stereocenters. The summed E-state index contributed by atoms with van der Waals surface area (Å²) in [5, 5.41) is 0.920. The quantitative estimate of drug-likeness (QED) is 0.746. The summed E-state index contributed by atoms with van der Waals surface area (Å²) in [7, 11) is 0. The van der Waals surface area contributed by atoms with E-state index in [0.717, 1.165) is 11.2 Å². The lowest BCUT2D eigenvalue weighted by atomic mass is 9.96. The third kappa shape index (κ3) is 2.35. The molecule has 2 unspecified atom stereocenters. The van der Waals surface area contributed by atoms with E-state index in [0.29, 0.717) is 0 Å². The summed E-state index contributed by atoms with van der Waals surface area (Å²) in [5.74, 6) is 2.02. The van der Waals surface area contributed by atoms with Crippen molar-refractivity contribution in [3.05, 3.63) is 24.2 Å². The molecule has 0 bridgehead atoms. The highest BCUT2D eigenvalue weighted by atomic mass is 32.2. The summed E-state index contributed by atoms with van der Waals surface area (Å²) in [6.07, 6.45) is 9.14. The Morgan fingerprint density at radius 1 is 1.50 bits per heavy atom. The Labute approximate surface area is 90.3 Å². The zero-order valence-corrected chi connectivity index (χ0v) is 9.56. The third-order valence-electron chi connectivity index (χ3n) is 3.00. The fraction of sp³-hybridized carbons (Fsp3) is 0.667. The van der Waals surface area contributed by atoms with Gasteiger partial charge in [0.15, 0.2) is 0 Å². The summed E-state index contributed by atoms with van der Waals surface area (Å²) in [6.45, 7) is 2.28. The lowest BCUT2D eigenvalue weighted by molar-refractivity contribution is 0.544. The summed E-state index contributed by atoms with van der Waals surface area (Å²) in [6, 6.07) is 2.12. The van der Waals surface area contributed by atoms with Crippen molar-refractivity contribution in [3.63, 3.8) is 0 Å². The minimum Gasteiger partial charge on any atom is -0.472 e. The number of hydrogen-bond acceptors (Lipinski definition) is 2. The van der Waals surface area contributed by atoms with Gasteiger partial charge in [-0.2, -0.15) is 11.8 Å². The Kier molecular flexibility index (Phi) is 3.57. The smallest absolute Gasteiger partial charge is 0.0937 e. The van der Waals surface area contributed by atoms with Crippen molar-refractivity contribution in [1.29, 1.82) is 0 Å². The molecule has 1 nitrogen and oxygen atoms in total. The first kappa shape index (κ1) is 10.2. The Bertz CT molecular complexity index is 247. The molecule has 2 heterocycles. The molecule has 78 valence electrons. The van der Waals surface area contributed by atoms with Gasteiger partial charge in [-0.05, 0) is 36.8 Å². The SMILES string of the molecule is CCCC1CCC(c2ccoc2)CS1. The summed E-state index contributed by atoms with van der Waals surface area (Å²) >= 11 is 2.15. The topological polar surface area (TPSA) is 13.1 Å². The Morgan fingerprint density at radius 2 is 2.43 bits per heavy atom. The van der Waals surface area contributed by atoms with Crippen LogP contribution in [0.5, 0.6) is 0 Å². The second-order valence-electron chi connectivity index (χ2n) is 4.07.